The molecule has 0 aliphatic heterocycles. The van der Waals surface area contributed by atoms with Gasteiger partial charge in [-0.25, -0.2) is 0 Å². The molecular weight excluding hydrogens is 358 g/mol. The minimum atomic E-state index is -0.663. The van der Waals surface area contributed by atoms with Crippen molar-refractivity contribution in [1.82, 2.24) is 15.6 Å². The highest BCUT2D eigenvalue weighted by Gasteiger charge is 2.16. The molecule has 0 unspecified atom stereocenters. The van der Waals surface area contributed by atoms with E-state index in [2.05, 4.69) is 15.6 Å². The molecule has 0 saturated carbocycles. The number of carbonyl (C=O) groups excluding carboxylic acids is 2. The molecule has 7 heteroatoms. The Hall–Kier alpha value is -3.61. The van der Waals surface area contributed by atoms with E-state index in [4.69, 9.17) is 9.15 Å². The number of nitrogens with one attached hydrogen (secondary N) is 2. The molecule has 3 rings (SSSR count). The normalized spacial score (nSPS) is 11.5. The van der Waals surface area contributed by atoms with E-state index in [9.17, 15) is 9.59 Å². The number of ether oxygens (including phenoxy) is 1. The Morgan fingerprint density at radius 1 is 1.14 bits per heavy atom. The number of hydrogen-bond acceptors (Lipinski definition) is 5. The highest BCUT2D eigenvalue weighted by molar-refractivity contribution is 5.97. The molecule has 1 aromatic carbocycles. The van der Waals surface area contributed by atoms with Crippen LogP contribution in [0.15, 0.2) is 71.8 Å². The molecule has 144 valence electrons. The van der Waals surface area contributed by atoms with Gasteiger partial charge in [-0.15, -0.1) is 0 Å². The van der Waals surface area contributed by atoms with Crippen LogP contribution >= 0.6 is 0 Å². The second-order valence-corrected chi connectivity index (χ2v) is 6.22. The number of carbonyl (C=O) groups is 2. The molecule has 0 fully saturated rings. The van der Waals surface area contributed by atoms with Crippen LogP contribution in [-0.2, 0) is 17.9 Å². The number of aromatic nitrogens is 1. The van der Waals surface area contributed by atoms with Gasteiger partial charge in [-0.2, -0.15) is 0 Å². The first-order valence-corrected chi connectivity index (χ1v) is 8.83. The first-order chi connectivity index (χ1) is 13.6. The number of nitrogens with zero attached hydrogens (tertiary/aromatic N) is 1. The van der Waals surface area contributed by atoms with Crippen LogP contribution < -0.4 is 15.4 Å². The van der Waals surface area contributed by atoms with Gasteiger partial charge in [0.25, 0.3) is 5.91 Å². The van der Waals surface area contributed by atoms with E-state index in [-0.39, 0.29) is 11.8 Å². The zero-order valence-corrected chi connectivity index (χ0v) is 15.4. The maximum atomic E-state index is 12.2. The topological polar surface area (TPSA) is 93.5 Å². The lowest BCUT2D eigenvalue weighted by Gasteiger charge is -2.14. The molecule has 28 heavy (non-hydrogen) atoms. The molecular formula is C21H21N3O4. The van der Waals surface area contributed by atoms with Gasteiger partial charge in [0, 0.05) is 24.5 Å². The Labute approximate surface area is 162 Å². The second-order valence-electron chi connectivity index (χ2n) is 6.22. The number of rotatable bonds is 8. The van der Waals surface area contributed by atoms with Crippen molar-refractivity contribution >= 4 is 11.8 Å². The third kappa shape index (κ3) is 5.44. The summed E-state index contributed by atoms with van der Waals surface area (Å²) in [6.07, 6.45) is 6.22. The van der Waals surface area contributed by atoms with E-state index >= 15 is 0 Å². The van der Waals surface area contributed by atoms with Crippen molar-refractivity contribution < 1.29 is 18.7 Å². The molecule has 0 bridgehead atoms. The first-order valence-electron chi connectivity index (χ1n) is 8.83. The fourth-order valence-corrected chi connectivity index (χ4v) is 2.44. The van der Waals surface area contributed by atoms with Gasteiger partial charge in [0.05, 0.1) is 11.8 Å². The average molecular weight is 379 g/mol. The fourth-order valence-electron chi connectivity index (χ4n) is 2.44. The lowest BCUT2D eigenvalue weighted by molar-refractivity contribution is -0.122. The van der Waals surface area contributed by atoms with Gasteiger partial charge < -0.3 is 19.8 Å². The minimum Gasteiger partial charge on any atom is -0.489 e. The van der Waals surface area contributed by atoms with Crippen LogP contribution in [0.4, 0.5) is 0 Å². The van der Waals surface area contributed by atoms with E-state index in [0.717, 1.165) is 16.9 Å². The van der Waals surface area contributed by atoms with Crippen molar-refractivity contribution in [3.63, 3.8) is 0 Å². The summed E-state index contributed by atoms with van der Waals surface area (Å²) in [5, 5.41) is 5.42. The summed E-state index contributed by atoms with van der Waals surface area (Å²) in [6.45, 7) is 2.42. The van der Waals surface area contributed by atoms with Crippen molar-refractivity contribution in [3.8, 4) is 5.75 Å². The summed E-state index contributed by atoms with van der Waals surface area (Å²) >= 11 is 0. The van der Waals surface area contributed by atoms with Crippen LogP contribution in [0, 0.1) is 0 Å². The molecule has 2 N–H and O–H groups in total. The highest BCUT2D eigenvalue weighted by atomic mass is 16.5. The van der Waals surface area contributed by atoms with Gasteiger partial charge >= 0.3 is 0 Å². The molecule has 2 amide bonds. The standard InChI is InChI=1S/C21H21N3O4/c1-15(24-21(26)18-8-10-27-14-18)20(25)23-12-16-4-6-19(7-5-16)28-13-17-3-2-9-22-11-17/h2-11,14-15H,12-13H2,1H3,(H,23,25)(H,24,26)/t15-/m0/s1. The van der Waals surface area contributed by atoms with Crippen LogP contribution in [0.3, 0.4) is 0 Å². The number of furan rings is 1. The monoisotopic (exact) mass is 379 g/mol. The van der Waals surface area contributed by atoms with E-state index < -0.39 is 6.04 Å². The Morgan fingerprint density at radius 2 is 1.96 bits per heavy atom. The summed E-state index contributed by atoms with van der Waals surface area (Å²) in [5.74, 6) is 0.111. The summed E-state index contributed by atoms with van der Waals surface area (Å²) in [6, 6.07) is 12.2. The minimum absolute atomic E-state index is 0.270. The van der Waals surface area contributed by atoms with Gasteiger partial charge in [0.1, 0.15) is 24.7 Å². The summed E-state index contributed by atoms with van der Waals surface area (Å²) < 4.78 is 10.6. The van der Waals surface area contributed by atoms with Gasteiger partial charge in [0.2, 0.25) is 5.91 Å². The highest BCUT2D eigenvalue weighted by Crippen LogP contribution is 2.14. The Kier molecular flexibility index (Phi) is 6.41. The number of amides is 2. The third-order valence-electron chi connectivity index (χ3n) is 4.04. The van der Waals surface area contributed by atoms with E-state index in [0.29, 0.717) is 18.7 Å². The summed E-state index contributed by atoms with van der Waals surface area (Å²) in [5.41, 5.74) is 2.29. The molecule has 0 aliphatic carbocycles. The molecule has 7 nitrogen and oxygen atoms in total. The van der Waals surface area contributed by atoms with Crippen molar-refractivity contribution in [2.24, 2.45) is 0 Å². The van der Waals surface area contributed by atoms with Gasteiger partial charge in [-0.3, -0.25) is 14.6 Å². The fraction of sp³-hybridized carbons (Fsp3) is 0.190. The van der Waals surface area contributed by atoms with E-state index in [1.807, 2.05) is 36.4 Å². The zero-order chi connectivity index (χ0) is 19.8. The molecule has 0 aliphatic rings. The average Bonchev–Trinajstić information content (AvgIpc) is 3.27. The smallest absolute Gasteiger partial charge is 0.255 e. The lowest BCUT2D eigenvalue weighted by Crippen LogP contribution is -2.44. The van der Waals surface area contributed by atoms with Crippen LogP contribution in [0.5, 0.6) is 5.75 Å². The predicted octanol–water partition coefficient (Wildman–Crippen LogP) is 2.69. The number of hydrogen-bond donors (Lipinski definition) is 2. The first kappa shape index (κ1) is 19.2. The van der Waals surface area contributed by atoms with Crippen LogP contribution in [0.2, 0.25) is 0 Å². The van der Waals surface area contributed by atoms with Crippen molar-refractivity contribution in [1.29, 1.82) is 0 Å². The summed E-state index contributed by atoms with van der Waals surface area (Å²) in [4.78, 5) is 28.1. The quantitative estimate of drug-likeness (QED) is 0.628. The maximum absolute atomic E-state index is 12.2. The third-order valence-corrected chi connectivity index (χ3v) is 4.04. The van der Waals surface area contributed by atoms with Crippen molar-refractivity contribution in [3.05, 3.63) is 84.1 Å². The molecule has 1 atom stereocenters. The number of benzene rings is 1. The predicted molar refractivity (Wildman–Crippen MR) is 102 cm³/mol. The van der Waals surface area contributed by atoms with E-state index in [1.165, 1.54) is 18.6 Å². The van der Waals surface area contributed by atoms with Gasteiger partial charge in [-0.05, 0) is 36.8 Å². The SMILES string of the molecule is C[C@H](NC(=O)c1ccoc1)C(=O)NCc1ccc(OCc2cccnc2)cc1. The van der Waals surface area contributed by atoms with Crippen LogP contribution in [-0.4, -0.2) is 22.8 Å². The molecule has 0 spiro atoms. The molecule has 2 heterocycles. The second kappa shape index (κ2) is 9.36. The van der Waals surface area contributed by atoms with Crippen LogP contribution in [0.1, 0.15) is 28.4 Å². The zero-order valence-electron chi connectivity index (χ0n) is 15.4. The Balaban J connectivity index is 1.43. The molecule has 0 radical (unpaired) electrons. The Morgan fingerprint density at radius 3 is 2.64 bits per heavy atom. The molecule has 3 aromatic rings. The van der Waals surface area contributed by atoms with Crippen LogP contribution in [0.25, 0.3) is 0 Å². The molecule has 2 aromatic heterocycles. The van der Waals surface area contributed by atoms with Gasteiger partial charge in [-0.1, -0.05) is 18.2 Å². The number of pyridine rings is 1. The van der Waals surface area contributed by atoms with Gasteiger partial charge in [0.15, 0.2) is 0 Å². The van der Waals surface area contributed by atoms with E-state index in [1.54, 1.807) is 19.3 Å². The lowest BCUT2D eigenvalue weighted by atomic mass is 10.2. The molecule has 0 saturated heterocycles. The van der Waals surface area contributed by atoms with Crippen molar-refractivity contribution in [2.45, 2.75) is 26.1 Å². The Bertz CT molecular complexity index is 893. The largest absolute Gasteiger partial charge is 0.489 e. The maximum Gasteiger partial charge on any atom is 0.255 e. The summed E-state index contributed by atoms with van der Waals surface area (Å²) in [7, 11) is 0. The van der Waals surface area contributed by atoms with Crippen molar-refractivity contribution in [2.75, 3.05) is 0 Å².